The van der Waals surface area contributed by atoms with Crippen LogP contribution in [-0.2, 0) is 26.0 Å². The Kier molecular flexibility index (Phi) is 10.1. The Labute approximate surface area is 204 Å². The van der Waals surface area contributed by atoms with Crippen molar-refractivity contribution in [1.29, 1.82) is 0 Å². The van der Waals surface area contributed by atoms with E-state index < -0.39 is 22.0 Å². The van der Waals surface area contributed by atoms with E-state index in [0.717, 1.165) is 33.7 Å². The fourth-order valence-corrected chi connectivity index (χ4v) is 4.74. The molecular weight excluding hydrogens is 450 g/mol. The molecule has 1 unspecified atom stereocenters. The fraction of sp³-hybridized carbons (Fsp3) is 0.462. The number of carbonyl (C=O) groups is 2. The molecule has 7 nitrogen and oxygen atoms in total. The van der Waals surface area contributed by atoms with Crippen molar-refractivity contribution in [2.24, 2.45) is 0 Å². The molecular formula is C26H37N3O4S. The molecule has 186 valence electrons. The molecule has 8 heteroatoms. The van der Waals surface area contributed by atoms with Crippen LogP contribution in [0, 0.1) is 13.8 Å². The molecule has 1 N–H and O–H groups in total. The van der Waals surface area contributed by atoms with Gasteiger partial charge in [0.1, 0.15) is 12.6 Å². The van der Waals surface area contributed by atoms with Crippen LogP contribution in [0.5, 0.6) is 0 Å². The van der Waals surface area contributed by atoms with E-state index in [4.69, 9.17) is 0 Å². The second kappa shape index (κ2) is 12.6. The molecule has 34 heavy (non-hydrogen) atoms. The third-order valence-electron chi connectivity index (χ3n) is 5.73. The van der Waals surface area contributed by atoms with Crippen molar-refractivity contribution in [3.63, 3.8) is 0 Å². The molecule has 2 aromatic carbocycles. The van der Waals surface area contributed by atoms with Crippen LogP contribution < -0.4 is 9.62 Å². The van der Waals surface area contributed by atoms with E-state index in [1.807, 2.05) is 70.2 Å². The lowest BCUT2D eigenvalue weighted by Crippen LogP contribution is -2.53. The van der Waals surface area contributed by atoms with Gasteiger partial charge in [-0.2, -0.15) is 0 Å². The summed E-state index contributed by atoms with van der Waals surface area (Å²) in [5.74, 6) is -0.621. The van der Waals surface area contributed by atoms with E-state index in [1.54, 1.807) is 6.07 Å². The molecule has 0 aliphatic carbocycles. The molecule has 0 spiro atoms. The van der Waals surface area contributed by atoms with Crippen molar-refractivity contribution in [2.75, 3.05) is 30.2 Å². The molecule has 0 saturated carbocycles. The quantitative estimate of drug-likeness (QED) is 0.497. The average molecular weight is 488 g/mol. The zero-order valence-corrected chi connectivity index (χ0v) is 21.7. The number of aryl methyl sites for hydroxylation is 2. The summed E-state index contributed by atoms with van der Waals surface area (Å²) in [7, 11) is -3.73. The van der Waals surface area contributed by atoms with Gasteiger partial charge in [-0.3, -0.25) is 13.9 Å². The summed E-state index contributed by atoms with van der Waals surface area (Å²) in [6.45, 7) is 7.99. The SMILES string of the molecule is CCCNC(=O)C(CC)N(CCc1ccccc1)C(=O)CN(c1cc(C)ccc1C)S(C)(=O)=O. The number of hydrogen-bond acceptors (Lipinski definition) is 4. The number of amides is 2. The van der Waals surface area contributed by atoms with Crippen LogP contribution in [0.25, 0.3) is 0 Å². The molecule has 0 aliphatic heterocycles. The zero-order chi connectivity index (χ0) is 25.3. The van der Waals surface area contributed by atoms with E-state index in [2.05, 4.69) is 5.32 Å². The Morgan fingerprint density at radius 3 is 2.29 bits per heavy atom. The molecule has 0 aliphatic rings. The van der Waals surface area contributed by atoms with Gasteiger partial charge < -0.3 is 10.2 Å². The minimum Gasteiger partial charge on any atom is -0.354 e. The number of benzene rings is 2. The fourth-order valence-electron chi connectivity index (χ4n) is 3.84. The van der Waals surface area contributed by atoms with Crippen LogP contribution in [0.4, 0.5) is 5.69 Å². The maximum atomic E-state index is 13.6. The van der Waals surface area contributed by atoms with Gasteiger partial charge >= 0.3 is 0 Å². The first-order chi connectivity index (χ1) is 16.1. The van der Waals surface area contributed by atoms with E-state index in [0.29, 0.717) is 31.6 Å². The van der Waals surface area contributed by atoms with Crippen LogP contribution >= 0.6 is 0 Å². The first kappa shape index (κ1) is 27.4. The Morgan fingerprint density at radius 1 is 1.03 bits per heavy atom. The average Bonchev–Trinajstić information content (AvgIpc) is 2.80. The molecule has 1 atom stereocenters. The first-order valence-corrected chi connectivity index (χ1v) is 13.6. The number of sulfonamides is 1. The molecule has 0 fully saturated rings. The predicted octanol–water partition coefficient (Wildman–Crippen LogP) is 3.45. The summed E-state index contributed by atoms with van der Waals surface area (Å²) in [6.07, 6.45) is 2.88. The number of nitrogens with one attached hydrogen (secondary N) is 1. The van der Waals surface area contributed by atoms with Crippen molar-refractivity contribution >= 4 is 27.5 Å². The molecule has 0 heterocycles. The van der Waals surface area contributed by atoms with Gasteiger partial charge in [0, 0.05) is 13.1 Å². The molecule has 0 bridgehead atoms. The number of nitrogens with zero attached hydrogens (tertiary/aromatic N) is 2. The monoisotopic (exact) mass is 487 g/mol. The van der Waals surface area contributed by atoms with Gasteiger partial charge in [0.2, 0.25) is 21.8 Å². The van der Waals surface area contributed by atoms with E-state index in [9.17, 15) is 18.0 Å². The van der Waals surface area contributed by atoms with E-state index >= 15 is 0 Å². The molecule has 0 radical (unpaired) electrons. The molecule has 0 aromatic heterocycles. The number of hydrogen-bond donors (Lipinski definition) is 1. The Balaban J connectivity index is 2.38. The lowest BCUT2D eigenvalue weighted by Gasteiger charge is -2.33. The van der Waals surface area contributed by atoms with Crippen LogP contribution in [0.3, 0.4) is 0 Å². The number of carbonyl (C=O) groups excluding carboxylic acids is 2. The maximum absolute atomic E-state index is 13.6. The summed E-state index contributed by atoms with van der Waals surface area (Å²) < 4.78 is 26.6. The van der Waals surface area contributed by atoms with Gasteiger partial charge in [-0.1, -0.05) is 56.3 Å². The third kappa shape index (κ3) is 7.58. The Bertz CT molecular complexity index is 1070. The topological polar surface area (TPSA) is 86.8 Å². The largest absolute Gasteiger partial charge is 0.354 e. The summed E-state index contributed by atoms with van der Waals surface area (Å²) in [5, 5.41) is 2.88. The minimum atomic E-state index is -3.73. The van der Waals surface area contributed by atoms with Crippen LogP contribution in [0.1, 0.15) is 43.4 Å². The summed E-state index contributed by atoms with van der Waals surface area (Å²) >= 11 is 0. The second-order valence-electron chi connectivity index (χ2n) is 8.60. The van der Waals surface area contributed by atoms with Crippen LogP contribution in [0.2, 0.25) is 0 Å². The smallest absolute Gasteiger partial charge is 0.244 e. The highest BCUT2D eigenvalue weighted by Gasteiger charge is 2.31. The third-order valence-corrected chi connectivity index (χ3v) is 6.86. The zero-order valence-electron chi connectivity index (χ0n) is 20.9. The summed E-state index contributed by atoms with van der Waals surface area (Å²) in [5.41, 5.74) is 3.17. The van der Waals surface area contributed by atoms with Gasteiger partial charge in [0.05, 0.1) is 11.9 Å². The molecule has 2 rings (SSSR count). The summed E-state index contributed by atoms with van der Waals surface area (Å²) in [4.78, 5) is 28.0. The Morgan fingerprint density at radius 2 is 1.71 bits per heavy atom. The molecule has 2 amide bonds. The molecule has 2 aromatic rings. The van der Waals surface area contributed by atoms with Crippen LogP contribution in [0.15, 0.2) is 48.5 Å². The van der Waals surface area contributed by atoms with E-state index in [-0.39, 0.29) is 12.5 Å². The standard InChI is InChI=1S/C26H37N3O4S/c1-6-16-27-26(31)23(7-2)28(17-15-22-11-9-8-10-12-22)25(30)19-29(34(5,32)33)24-18-20(3)13-14-21(24)4/h8-14,18,23H,6-7,15-17,19H2,1-5H3,(H,27,31). The van der Waals surface area contributed by atoms with Crippen LogP contribution in [-0.4, -0.2) is 57.1 Å². The van der Waals surface area contributed by atoms with Crippen molar-refractivity contribution in [2.45, 2.75) is 53.0 Å². The van der Waals surface area contributed by atoms with Gasteiger partial charge in [-0.15, -0.1) is 0 Å². The maximum Gasteiger partial charge on any atom is 0.244 e. The highest BCUT2D eigenvalue weighted by Crippen LogP contribution is 2.24. The lowest BCUT2D eigenvalue weighted by atomic mass is 10.1. The summed E-state index contributed by atoms with van der Waals surface area (Å²) in [6, 6.07) is 14.6. The van der Waals surface area contributed by atoms with Gasteiger partial charge in [-0.25, -0.2) is 8.42 Å². The van der Waals surface area contributed by atoms with Crippen molar-refractivity contribution in [1.82, 2.24) is 10.2 Å². The van der Waals surface area contributed by atoms with Crippen molar-refractivity contribution in [3.05, 3.63) is 65.2 Å². The van der Waals surface area contributed by atoms with Gasteiger partial charge in [0.25, 0.3) is 0 Å². The van der Waals surface area contributed by atoms with E-state index in [1.165, 1.54) is 4.90 Å². The normalized spacial score (nSPS) is 12.1. The lowest BCUT2D eigenvalue weighted by molar-refractivity contribution is -0.139. The predicted molar refractivity (Wildman–Crippen MR) is 137 cm³/mol. The number of anilines is 1. The van der Waals surface area contributed by atoms with Crippen molar-refractivity contribution in [3.8, 4) is 0 Å². The van der Waals surface area contributed by atoms with Crippen molar-refractivity contribution < 1.29 is 18.0 Å². The Hall–Kier alpha value is -2.87. The second-order valence-corrected chi connectivity index (χ2v) is 10.5. The van der Waals surface area contributed by atoms with Gasteiger partial charge in [0.15, 0.2) is 0 Å². The first-order valence-electron chi connectivity index (χ1n) is 11.7. The number of rotatable bonds is 12. The highest BCUT2D eigenvalue weighted by atomic mass is 32.2. The molecule has 0 saturated heterocycles. The van der Waals surface area contributed by atoms with Gasteiger partial charge in [-0.05, 0) is 55.9 Å². The highest BCUT2D eigenvalue weighted by molar-refractivity contribution is 7.92. The minimum absolute atomic E-state index is 0.219.